The zero-order valence-corrected chi connectivity index (χ0v) is 10.7. The molecule has 0 bridgehead atoms. The quantitative estimate of drug-likeness (QED) is 0.869. The molecule has 94 valence electrons. The van der Waals surface area contributed by atoms with Gasteiger partial charge in [-0.3, -0.25) is 0 Å². The third-order valence-corrected chi connectivity index (χ3v) is 3.70. The average molecular weight is 233 g/mol. The number of hydrogen-bond donors (Lipinski definition) is 1. The van der Waals surface area contributed by atoms with E-state index in [0.29, 0.717) is 6.54 Å². The van der Waals surface area contributed by atoms with Crippen molar-refractivity contribution in [1.29, 1.82) is 0 Å². The van der Waals surface area contributed by atoms with E-state index in [9.17, 15) is 0 Å². The first-order valence-corrected chi connectivity index (χ1v) is 6.74. The van der Waals surface area contributed by atoms with Crippen molar-refractivity contribution < 1.29 is 0 Å². The van der Waals surface area contributed by atoms with Crippen molar-refractivity contribution in [1.82, 2.24) is 4.98 Å². The van der Waals surface area contributed by atoms with Gasteiger partial charge in [0.1, 0.15) is 5.82 Å². The molecule has 0 aromatic carbocycles. The van der Waals surface area contributed by atoms with E-state index in [1.165, 1.54) is 31.2 Å². The molecule has 1 aromatic rings. The molecule has 0 spiro atoms. The number of nitrogens with two attached hydrogens (primary N) is 1. The van der Waals surface area contributed by atoms with Crippen molar-refractivity contribution >= 4 is 5.82 Å². The molecule has 2 heterocycles. The Morgan fingerprint density at radius 3 is 2.82 bits per heavy atom. The van der Waals surface area contributed by atoms with Gasteiger partial charge in [-0.25, -0.2) is 4.98 Å². The van der Waals surface area contributed by atoms with Gasteiger partial charge >= 0.3 is 0 Å². The van der Waals surface area contributed by atoms with E-state index in [-0.39, 0.29) is 0 Å². The van der Waals surface area contributed by atoms with Gasteiger partial charge in [0.25, 0.3) is 0 Å². The van der Waals surface area contributed by atoms with Crippen molar-refractivity contribution in [2.45, 2.75) is 39.2 Å². The van der Waals surface area contributed by atoms with Crippen molar-refractivity contribution in [3.8, 4) is 0 Å². The van der Waals surface area contributed by atoms with Crippen LogP contribution in [0.25, 0.3) is 0 Å². The highest BCUT2D eigenvalue weighted by Crippen LogP contribution is 2.26. The Kier molecular flexibility index (Phi) is 4.37. The first-order chi connectivity index (χ1) is 8.35. The lowest BCUT2D eigenvalue weighted by Gasteiger charge is -2.33. The van der Waals surface area contributed by atoms with Gasteiger partial charge in [0.15, 0.2) is 0 Å². The number of anilines is 1. The summed E-state index contributed by atoms with van der Waals surface area (Å²) in [6, 6.07) is 4.05. The highest BCUT2D eigenvalue weighted by atomic mass is 15.2. The molecule has 1 aliphatic rings. The fourth-order valence-electron chi connectivity index (χ4n) is 2.72. The lowest BCUT2D eigenvalue weighted by molar-refractivity contribution is 0.377. The molecule has 0 aliphatic carbocycles. The number of pyridine rings is 1. The maximum Gasteiger partial charge on any atom is 0.132 e. The zero-order valence-electron chi connectivity index (χ0n) is 10.7. The molecular weight excluding hydrogens is 210 g/mol. The van der Waals surface area contributed by atoms with E-state index in [0.717, 1.165) is 24.8 Å². The van der Waals surface area contributed by atoms with Gasteiger partial charge in [-0.1, -0.05) is 25.8 Å². The molecule has 0 radical (unpaired) electrons. The van der Waals surface area contributed by atoms with E-state index in [2.05, 4.69) is 22.9 Å². The summed E-state index contributed by atoms with van der Waals surface area (Å²) in [7, 11) is 0. The van der Waals surface area contributed by atoms with Crippen LogP contribution >= 0.6 is 0 Å². The number of rotatable bonds is 4. The highest BCUT2D eigenvalue weighted by Gasteiger charge is 2.20. The van der Waals surface area contributed by atoms with Crippen molar-refractivity contribution in [2.24, 2.45) is 11.7 Å². The van der Waals surface area contributed by atoms with Gasteiger partial charge in [-0.15, -0.1) is 0 Å². The average Bonchev–Trinajstić information content (AvgIpc) is 2.40. The summed E-state index contributed by atoms with van der Waals surface area (Å²) < 4.78 is 0. The van der Waals surface area contributed by atoms with Crippen LogP contribution in [-0.4, -0.2) is 18.1 Å². The van der Waals surface area contributed by atoms with Gasteiger partial charge in [0.2, 0.25) is 0 Å². The van der Waals surface area contributed by atoms with Crippen LogP contribution in [0.1, 0.15) is 38.2 Å². The van der Waals surface area contributed by atoms with Crippen LogP contribution in [0.3, 0.4) is 0 Å². The van der Waals surface area contributed by atoms with E-state index in [4.69, 9.17) is 5.73 Å². The second-order valence-electron chi connectivity index (χ2n) is 4.91. The van der Waals surface area contributed by atoms with Gasteiger partial charge in [0, 0.05) is 31.4 Å². The summed E-state index contributed by atoms with van der Waals surface area (Å²) in [4.78, 5) is 6.89. The number of nitrogens with zero attached hydrogens (tertiary/aromatic N) is 2. The first-order valence-electron chi connectivity index (χ1n) is 6.74. The van der Waals surface area contributed by atoms with Crippen LogP contribution in [0.2, 0.25) is 0 Å². The number of hydrogen-bond acceptors (Lipinski definition) is 3. The highest BCUT2D eigenvalue weighted by molar-refractivity contribution is 5.46. The summed E-state index contributed by atoms with van der Waals surface area (Å²) in [5.74, 6) is 2.02. The van der Waals surface area contributed by atoms with Crippen LogP contribution in [0.5, 0.6) is 0 Å². The molecular formula is C14H23N3. The van der Waals surface area contributed by atoms with Gasteiger partial charge in [-0.05, 0) is 24.8 Å². The SMILES string of the molecule is CCCC1CCN(c2ncccc2CN)CC1. The second-order valence-corrected chi connectivity index (χ2v) is 4.91. The van der Waals surface area contributed by atoms with Gasteiger partial charge < -0.3 is 10.6 Å². The summed E-state index contributed by atoms with van der Waals surface area (Å²) in [5, 5.41) is 0. The zero-order chi connectivity index (χ0) is 12.1. The maximum absolute atomic E-state index is 5.77. The van der Waals surface area contributed by atoms with Crippen LogP contribution in [0.15, 0.2) is 18.3 Å². The smallest absolute Gasteiger partial charge is 0.132 e. The third kappa shape index (κ3) is 2.97. The Bertz CT molecular complexity index is 343. The van der Waals surface area contributed by atoms with Crippen molar-refractivity contribution in [2.75, 3.05) is 18.0 Å². The van der Waals surface area contributed by atoms with Crippen molar-refractivity contribution in [3.63, 3.8) is 0 Å². The topological polar surface area (TPSA) is 42.2 Å². The molecule has 1 aromatic heterocycles. The minimum Gasteiger partial charge on any atom is -0.356 e. The molecule has 1 saturated heterocycles. The van der Waals surface area contributed by atoms with Gasteiger partial charge in [0.05, 0.1) is 0 Å². The fourth-order valence-corrected chi connectivity index (χ4v) is 2.72. The minimum absolute atomic E-state index is 0.581. The molecule has 3 heteroatoms. The summed E-state index contributed by atoms with van der Waals surface area (Å²) in [5.41, 5.74) is 6.93. The molecule has 0 atom stereocenters. The third-order valence-electron chi connectivity index (χ3n) is 3.70. The summed E-state index contributed by atoms with van der Waals surface area (Å²) in [6.45, 7) is 5.12. The van der Waals surface area contributed by atoms with Crippen LogP contribution in [-0.2, 0) is 6.54 Å². The van der Waals surface area contributed by atoms with E-state index >= 15 is 0 Å². The van der Waals surface area contributed by atoms with Gasteiger partial charge in [-0.2, -0.15) is 0 Å². The van der Waals surface area contributed by atoms with E-state index in [1.54, 1.807) is 0 Å². The van der Waals surface area contributed by atoms with Crippen LogP contribution < -0.4 is 10.6 Å². The number of piperidine rings is 1. The Hall–Kier alpha value is -1.09. The molecule has 0 amide bonds. The Balaban J connectivity index is 2.00. The molecule has 1 aliphatic heterocycles. The second kappa shape index (κ2) is 6.01. The largest absolute Gasteiger partial charge is 0.356 e. The van der Waals surface area contributed by atoms with E-state index in [1.807, 2.05) is 12.3 Å². The molecule has 2 N–H and O–H groups in total. The predicted molar refractivity (Wildman–Crippen MR) is 72.0 cm³/mol. The van der Waals surface area contributed by atoms with E-state index < -0.39 is 0 Å². The normalized spacial score (nSPS) is 17.4. The Morgan fingerprint density at radius 2 is 2.18 bits per heavy atom. The fraction of sp³-hybridized carbons (Fsp3) is 0.643. The lowest BCUT2D eigenvalue weighted by Crippen LogP contribution is -2.35. The first kappa shape index (κ1) is 12.4. The molecule has 3 nitrogen and oxygen atoms in total. The molecule has 2 rings (SSSR count). The summed E-state index contributed by atoms with van der Waals surface area (Å²) >= 11 is 0. The molecule has 1 fully saturated rings. The van der Waals surface area contributed by atoms with Crippen molar-refractivity contribution in [3.05, 3.63) is 23.9 Å². The Labute approximate surface area is 104 Å². The molecule has 17 heavy (non-hydrogen) atoms. The number of aromatic nitrogens is 1. The standard InChI is InChI=1S/C14H23N3/c1-2-4-12-6-9-17(10-7-12)14-13(11-15)5-3-8-16-14/h3,5,8,12H,2,4,6-7,9-11,15H2,1H3. The Morgan fingerprint density at radius 1 is 1.41 bits per heavy atom. The monoisotopic (exact) mass is 233 g/mol. The maximum atomic E-state index is 5.77. The van der Waals surface area contributed by atoms with Crippen LogP contribution in [0, 0.1) is 5.92 Å². The predicted octanol–water partition coefficient (Wildman–Crippen LogP) is 2.56. The lowest BCUT2D eigenvalue weighted by atomic mass is 9.92. The van der Waals surface area contributed by atoms with Crippen LogP contribution in [0.4, 0.5) is 5.82 Å². The molecule has 0 saturated carbocycles. The minimum atomic E-state index is 0.581. The summed E-state index contributed by atoms with van der Waals surface area (Å²) in [6.07, 6.45) is 7.15. The molecule has 0 unspecified atom stereocenters.